The molecule has 0 fully saturated rings. The molecule has 0 unspecified atom stereocenters. The second-order valence-electron chi connectivity index (χ2n) is 4.96. The Kier molecular flexibility index (Phi) is 4.90. The zero-order valence-electron chi connectivity index (χ0n) is 11.9. The molecule has 2 amide bonds. The van der Waals surface area contributed by atoms with E-state index >= 15 is 0 Å². The Bertz CT molecular complexity index is 667. The van der Waals surface area contributed by atoms with Gasteiger partial charge in [-0.05, 0) is 18.2 Å². The standard InChI is InChI=1S/C15H17FN2O2S/c1-9(2)14(19)17-6-7-18-15(20)13-8-10-11(16)4-3-5-12(10)21-13/h3-5,8-9H,6-7H2,1-2H3,(H,17,19)(H,18,20). The van der Waals surface area contributed by atoms with Crippen molar-refractivity contribution < 1.29 is 14.0 Å². The Morgan fingerprint density at radius 2 is 1.95 bits per heavy atom. The number of nitrogens with one attached hydrogen (secondary N) is 2. The largest absolute Gasteiger partial charge is 0.354 e. The van der Waals surface area contributed by atoms with Gasteiger partial charge in [0.1, 0.15) is 5.82 Å². The summed E-state index contributed by atoms with van der Waals surface area (Å²) in [6.45, 7) is 4.33. The fraction of sp³-hybridized carbons (Fsp3) is 0.333. The zero-order chi connectivity index (χ0) is 15.4. The van der Waals surface area contributed by atoms with Crippen molar-refractivity contribution >= 4 is 33.2 Å². The van der Waals surface area contributed by atoms with Gasteiger partial charge in [0, 0.05) is 29.1 Å². The van der Waals surface area contributed by atoms with Gasteiger partial charge in [-0.1, -0.05) is 19.9 Å². The van der Waals surface area contributed by atoms with Crippen molar-refractivity contribution in [3.05, 3.63) is 35.0 Å². The van der Waals surface area contributed by atoms with E-state index in [9.17, 15) is 14.0 Å². The van der Waals surface area contributed by atoms with E-state index in [1.807, 2.05) is 0 Å². The number of amides is 2. The Morgan fingerprint density at radius 1 is 1.24 bits per heavy atom. The van der Waals surface area contributed by atoms with Crippen LogP contribution in [0.25, 0.3) is 10.1 Å². The Morgan fingerprint density at radius 3 is 2.62 bits per heavy atom. The van der Waals surface area contributed by atoms with E-state index in [1.54, 1.807) is 32.0 Å². The number of halogens is 1. The molecule has 2 aromatic rings. The highest BCUT2D eigenvalue weighted by Crippen LogP contribution is 2.27. The molecule has 0 aliphatic rings. The summed E-state index contributed by atoms with van der Waals surface area (Å²) in [6, 6.07) is 6.33. The number of carbonyl (C=O) groups excluding carboxylic acids is 2. The van der Waals surface area contributed by atoms with E-state index in [1.165, 1.54) is 17.4 Å². The van der Waals surface area contributed by atoms with Gasteiger partial charge in [-0.15, -0.1) is 11.3 Å². The fourth-order valence-electron chi connectivity index (χ4n) is 1.79. The zero-order valence-corrected chi connectivity index (χ0v) is 12.7. The predicted octanol–water partition coefficient (Wildman–Crippen LogP) is 2.54. The van der Waals surface area contributed by atoms with Crippen molar-refractivity contribution in [3.63, 3.8) is 0 Å². The van der Waals surface area contributed by atoms with Crippen molar-refractivity contribution in [3.8, 4) is 0 Å². The molecule has 1 aromatic carbocycles. The maximum absolute atomic E-state index is 13.6. The second kappa shape index (κ2) is 6.67. The van der Waals surface area contributed by atoms with E-state index in [0.29, 0.717) is 23.4 Å². The quantitative estimate of drug-likeness (QED) is 0.834. The number of rotatable bonds is 5. The Labute approximate surface area is 126 Å². The molecule has 6 heteroatoms. The van der Waals surface area contributed by atoms with Crippen LogP contribution in [0.1, 0.15) is 23.5 Å². The minimum absolute atomic E-state index is 0.0480. The second-order valence-corrected chi connectivity index (χ2v) is 6.05. The van der Waals surface area contributed by atoms with Crippen LogP contribution in [0, 0.1) is 11.7 Å². The van der Waals surface area contributed by atoms with Gasteiger partial charge in [0.15, 0.2) is 0 Å². The van der Waals surface area contributed by atoms with Gasteiger partial charge < -0.3 is 10.6 Å². The molecule has 1 aromatic heterocycles. The van der Waals surface area contributed by atoms with Crippen LogP contribution in [0.5, 0.6) is 0 Å². The van der Waals surface area contributed by atoms with E-state index in [-0.39, 0.29) is 23.5 Å². The number of benzene rings is 1. The Balaban J connectivity index is 1.91. The highest BCUT2D eigenvalue weighted by molar-refractivity contribution is 7.20. The molecule has 2 rings (SSSR count). The van der Waals surface area contributed by atoms with Crippen LogP contribution < -0.4 is 10.6 Å². The molecule has 2 N–H and O–H groups in total. The van der Waals surface area contributed by atoms with Crippen molar-refractivity contribution in [2.24, 2.45) is 5.92 Å². The lowest BCUT2D eigenvalue weighted by Gasteiger charge is -2.08. The first-order valence-electron chi connectivity index (χ1n) is 6.73. The topological polar surface area (TPSA) is 58.2 Å². The molecule has 112 valence electrons. The first-order valence-corrected chi connectivity index (χ1v) is 7.54. The summed E-state index contributed by atoms with van der Waals surface area (Å²) in [5.41, 5.74) is 0. The molecule has 0 aliphatic heterocycles. The molecule has 21 heavy (non-hydrogen) atoms. The van der Waals surface area contributed by atoms with Crippen LogP contribution in [-0.4, -0.2) is 24.9 Å². The molecule has 4 nitrogen and oxygen atoms in total. The fourth-order valence-corrected chi connectivity index (χ4v) is 2.78. The van der Waals surface area contributed by atoms with Crippen LogP contribution in [0.4, 0.5) is 4.39 Å². The summed E-state index contributed by atoms with van der Waals surface area (Å²) in [7, 11) is 0. The average Bonchev–Trinajstić information content (AvgIpc) is 2.88. The molecular weight excluding hydrogens is 291 g/mol. The molecule has 1 heterocycles. The molecule has 0 bridgehead atoms. The van der Waals surface area contributed by atoms with Crippen molar-refractivity contribution in [2.45, 2.75) is 13.8 Å². The third kappa shape index (κ3) is 3.78. The SMILES string of the molecule is CC(C)C(=O)NCCNC(=O)c1cc2c(F)cccc2s1. The summed E-state index contributed by atoms with van der Waals surface area (Å²) < 4.78 is 14.3. The maximum Gasteiger partial charge on any atom is 0.261 e. The lowest BCUT2D eigenvalue weighted by molar-refractivity contribution is -0.123. The number of thiophene rings is 1. The van der Waals surface area contributed by atoms with E-state index in [2.05, 4.69) is 10.6 Å². The lowest BCUT2D eigenvalue weighted by Crippen LogP contribution is -2.36. The van der Waals surface area contributed by atoms with Crippen molar-refractivity contribution in [2.75, 3.05) is 13.1 Å². The molecule has 0 saturated carbocycles. The summed E-state index contributed by atoms with van der Waals surface area (Å²) >= 11 is 1.25. The van der Waals surface area contributed by atoms with Crippen LogP contribution in [0.3, 0.4) is 0 Å². The number of hydrogen-bond donors (Lipinski definition) is 2. The van der Waals surface area contributed by atoms with Gasteiger partial charge >= 0.3 is 0 Å². The summed E-state index contributed by atoms with van der Waals surface area (Å²) in [4.78, 5) is 23.8. The molecule has 0 saturated heterocycles. The normalized spacial score (nSPS) is 10.9. The van der Waals surface area contributed by atoms with E-state index in [0.717, 1.165) is 4.70 Å². The van der Waals surface area contributed by atoms with E-state index < -0.39 is 0 Å². The third-order valence-corrected chi connectivity index (χ3v) is 4.07. The number of carbonyl (C=O) groups is 2. The van der Waals surface area contributed by atoms with Gasteiger partial charge in [-0.2, -0.15) is 0 Å². The minimum atomic E-state index is -0.327. The molecule has 0 aliphatic carbocycles. The van der Waals surface area contributed by atoms with Gasteiger partial charge in [0.05, 0.1) is 4.88 Å². The van der Waals surface area contributed by atoms with Crippen LogP contribution in [0.15, 0.2) is 24.3 Å². The third-order valence-electron chi connectivity index (χ3n) is 2.97. The van der Waals surface area contributed by atoms with Crippen molar-refractivity contribution in [1.29, 1.82) is 0 Å². The van der Waals surface area contributed by atoms with Crippen LogP contribution in [-0.2, 0) is 4.79 Å². The van der Waals surface area contributed by atoms with E-state index in [4.69, 9.17) is 0 Å². The molecule has 0 radical (unpaired) electrons. The lowest BCUT2D eigenvalue weighted by atomic mass is 10.2. The summed E-state index contributed by atoms with van der Waals surface area (Å²) in [5.74, 6) is -0.708. The summed E-state index contributed by atoms with van der Waals surface area (Å²) in [5, 5.41) is 5.88. The van der Waals surface area contributed by atoms with Gasteiger partial charge in [0.2, 0.25) is 5.91 Å². The first kappa shape index (κ1) is 15.4. The van der Waals surface area contributed by atoms with Crippen LogP contribution >= 0.6 is 11.3 Å². The average molecular weight is 308 g/mol. The smallest absolute Gasteiger partial charge is 0.261 e. The molecule has 0 spiro atoms. The minimum Gasteiger partial charge on any atom is -0.354 e. The number of fused-ring (bicyclic) bond motifs is 1. The predicted molar refractivity (Wildman–Crippen MR) is 82.0 cm³/mol. The maximum atomic E-state index is 13.6. The highest BCUT2D eigenvalue weighted by Gasteiger charge is 2.12. The Hall–Kier alpha value is -1.95. The van der Waals surface area contributed by atoms with Crippen LogP contribution in [0.2, 0.25) is 0 Å². The highest BCUT2D eigenvalue weighted by atomic mass is 32.1. The molecule has 0 atom stereocenters. The van der Waals surface area contributed by atoms with Gasteiger partial charge in [0.25, 0.3) is 5.91 Å². The van der Waals surface area contributed by atoms with Crippen molar-refractivity contribution in [1.82, 2.24) is 10.6 Å². The van der Waals surface area contributed by atoms with Gasteiger partial charge in [-0.25, -0.2) is 4.39 Å². The first-order chi connectivity index (χ1) is 9.99. The monoisotopic (exact) mass is 308 g/mol. The summed E-state index contributed by atoms with van der Waals surface area (Å²) in [6.07, 6.45) is 0. The van der Waals surface area contributed by atoms with Gasteiger partial charge in [-0.3, -0.25) is 9.59 Å². The molecular formula is C15H17FN2O2S. The number of hydrogen-bond acceptors (Lipinski definition) is 3.